The summed E-state index contributed by atoms with van der Waals surface area (Å²) in [6.45, 7) is 14.4. The molecule has 0 radical (unpaired) electrons. The largest absolute Gasteiger partial charge is 0.326 e. The Kier molecular flexibility index (Phi) is 9.99. The van der Waals surface area contributed by atoms with Gasteiger partial charge in [-0.15, -0.1) is 0 Å². The summed E-state index contributed by atoms with van der Waals surface area (Å²) in [5.41, 5.74) is 5.95. The van der Waals surface area contributed by atoms with Crippen LogP contribution in [0.4, 0.5) is 0 Å². The van der Waals surface area contributed by atoms with Crippen molar-refractivity contribution in [3.63, 3.8) is 0 Å². The fraction of sp³-hybridized carbons (Fsp3) is 1.00. The van der Waals surface area contributed by atoms with Crippen molar-refractivity contribution in [2.75, 3.05) is 32.7 Å². The highest BCUT2D eigenvalue weighted by atomic mass is 15.1. The number of rotatable bonds is 10. The minimum Gasteiger partial charge on any atom is -0.326 e. The number of hydrogen-bond acceptors (Lipinski definition) is 3. The summed E-state index contributed by atoms with van der Waals surface area (Å²) in [4.78, 5) is 2.47. The second-order valence-electron chi connectivity index (χ2n) is 4.85. The van der Waals surface area contributed by atoms with E-state index >= 15 is 0 Å². The van der Waals surface area contributed by atoms with Gasteiger partial charge < -0.3 is 16.0 Å². The van der Waals surface area contributed by atoms with Crippen LogP contribution in [0.2, 0.25) is 0 Å². The Morgan fingerprint density at radius 2 is 1.75 bits per heavy atom. The first kappa shape index (κ1) is 15.9. The Balaban J connectivity index is 3.27. The van der Waals surface area contributed by atoms with Crippen molar-refractivity contribution in [3.8, 4) is 0 Å². The van der Waals surface area contributed by atoms with Gasteiger partial charge in [-0.3, -0.25) is 0 Å². The minimum atomic E-state index is 0.294. The second kappa shape index (κ2) is 10.1. The van der Waals surface area contributed by atoms with Gasteiger partial charge in [0.15, 0.2) is 0 Å². The maximum absolute atomic E-state index is 5.95. The first-order chi connectivity index (χ1) is 7.61. The van der Waals surface area contributed by atoms with Gasteiger partial charge in [0.1, 0.15) is 0 Å². The van der Waals surface area contributed by atoms with Gasteiger partial charge in [0.2, 0.25) is 0 Å². The molecule has 98 valence electrons. The Labute approximate surface area is 102 Å². The summed E-state index contributed by atoms with van der Waals surface area (Å²) in [6.07, 6.45) is 2.53. The standard InChI is InChI=1S/C13H31N3/c1-5-16(6-2)10-8-7-9-15-11-13(14)12(3)4/h12-13,15H,5-11,14H2,1-4H3. The van der Waals surface area contributed by atoms with Crippen LogP contribution in [0, 0.1) is 5.92 Å². The summed E-state index contributed by atoms with van der Waals surface area (Å²) in [5, 5.41) is 3.43. The summed E-state index contributed by atoms with van der Waals surface area (Å²) in [7, 11) is 0. The maximum atomic E-state index is 5.95. The monoisotopic (exact) mass is 229 g/mol. The van der Waals surface area contributed by atoms with Crippen LogP contribution in [0.1, 0.15) is 40.5 Å². The Hall–Kier alpha value is -0.120. The van der Waals surface area contributed by atoms with E-state index in [9.17, 15) is 0 Å². The third-order valence-corrected chi connectivity index (χ3v) is 3.21. The van der Waals surface area contributed by atoms with E-state index in [1.165, 1.54) is 32.5 Å². The molecule has 3 nitrogen and oxygen atoms in total. The predicted molar refractivity (Wildman–Crippen MR) is 72.7 cm³/mol. The number of unbranched alkanes of at least 4 members (excludes halogenated alkanes) is 1. The molecule has 16 heavy (non-hydrogen) atoms. The Morgan fingerprint density at radius 3 is 2.25 bits per heavy atom. The fourth-order valence-corrected chi connectivity index (χ4v) is 1.63. The maximum Gasteiger partial charge on any atom is 0.0188 e. The van der Waals surface area contributed by atoms with Crippen molar-refractivity contribution in [3.05, 3.63) is 0 Å². The van der Waals surface area contributed by atoms with Crippen LogP contribution >= 0.6 is 0 Å². The molecule has 0 fully saturated rings. The topological polar surface area (TPSA) is 41.3 Å². The number of hydrogen-bond donors (Lipinski definition) is 2. The first-order valence-electron chi connectivity index (χ1n) is 6.80. The highest BCUT2D eigenvalue weighted by Crippen LogP contribution is 1.97. The molecule has 0 bridgehead atoms. The van der Waals surface area contributed by atoms with Crippen molar-refractivity contribution >= 4 is 0 Å². The van der Waals surface area contributed by atoms with E-state index in [2.05, 4.69) is 37.9 Å². The van der Waals surface area contributed by atoms with Gasteiger partial charge in [-0.1, -0.05) is 27.7 Å². The SMILES string of the molecule is CCN(CC)CCCCNCC(N)C(C)C. The predicted octanol–water partition coefficient (Wildman–Crippen LogP) is 1.68. The van der Waals surface area contributed by atoms with Crippen molar-refractivity contribution in [2.24, 2.45) is 11.7 Å². The lowest BCUT2D eigenvalue weighted by Gasteiger charge is -2.18. The van der Waals surface area contributed by atoms with E-state index in [0.717, 1.165) is 13.1 Å². The van der Waals surface area contributed by atoms with Crippen LogP contribution in [0.3, 0.4) is 0 Å². The van der Waals surface area contributed by atoms with Crippen LogP contribution < -0.4 is 11.1 Å². The van der Waals surface area contributed by atoms with Crippen LogP contribution in [-0.4, -0.2) is 43.7 Å². The lowest BCUT2D eigenvalue weighted by molar-refractivity contribution is 0.296. The molecular formula is C13H31N3. The molecule has 0 heterocycles. The first-order valence-corrected chi connectivity index (χ1v) is 6.80. The fourth-order valence-electron chi connectivity index (χ4n) is 1.63. The highest BCUT2D eigenvalue weighted by Gasteiger charge is 2.05. The van der Waals surface area contributed by atoms with Gasteiger partial charge in [0, 0.05) is 12.6 Å². The van der Waals surface area contributed by atoms with Crippen LogP contribution in [0.15, 0.2) is 0 Å². The van der Waals surface area contributed by atoms with Crippen LogP contribution in [-0.2, 0) is 0 Å². The summed E-state index contributed by atoms with van der Waals surface area (Å²) >= 11 is 0. The summed E-state index contributed by atoms with van der Waals surface area (Å²) in [6, 6.07) is 0.294. The second-order valence-corrected chi connectivity index (χ2v) is 4.85. The van der Waals surface area contributed by atoms with Crippen molar-refractivity contribution in [1.82, 2.24) is 10.2 Å². The third-order valence-electron chi connectivity index (χ3n) is 3.21. The zero-order chi connectivity index (χ0) is 12.4. The third kappa shape index (κ3) is 8.08. The van der Waals surface area contributed by atoms with Gasteiger partial charge in [-0.2, -0.15) is 0 Å². The van der Waals surface area contributed by atoms with Gasteiger partial charge in [-0.25, -0.2) is 0 Å². The molecule has 0 aliphatic carbocycles. The molecule has 1 atom stereocenters. The number of nitrogens with zero attached hydrogens (tertiary/aromatic N) is 1. The van der Waals surface area contributed by atoms with Crippen LogP contribution in [0.25, 0.3) is 0 Å². The normalized spacial score (nSPS) is 13.7. The van der Waals surface area contributed by atoms with Gasteiger partial charge in [0.25, 0.3) is 0 Å². The van der Waals surface area contributed by atoms with E-state index in [1.807, 2.05) is 0 Å². The molecule has 0 rings (SSSR count). The molecule has 0 aromatic rings. The van der Waals surface area contributed by atoms with Crippen molar-refractivity contribution in [1.29, 1.82) is 0 Å². The van der Waals surface area contributed by atoms with E-state index < -0.39 is 0 Å². The smallest absolute Gasteiger partial charge is 0.0188 e. The lowest BCUT2D eigenvalue weighted by Crippen LogP contribution is -2.38. The number of nitrogens with one attached hydrogen (secondary N) is 1. The quantitative estimate of drug-likeness (QED) is 0.560. The zero-order valence-electron chi connectivity index (χ0n) is 11.6. The molecule has 1 unspecified atom stereocenters. The lowest BCUT2D eigenvalue weighted by atomic mass is 10.1. The highest BCUT2D eigenvalue weighted by molar-refractivity contribution is 4.68. The van der Waals surface area contributed by atoms with E-state index in [1.54, 1.807) is 0 Å². The summed E-state index contributed by atoms with van der Waals surface area (Å²) in [5.74, 6) is 0.572. The van der Waals surface area contributed by atoms with E-state index in [4.69, 9.17) is 5.73 Å². The minimum absolute atomic E-state index is 0.294. The molecule has 0 saturated heterocycles. The molecule has 0 aromatic carbocycles. The van der Waals surface area contributed by atoms with Gasteiger partial charge >= 0.3 is 0 Å². The molecule has 0 aliphatic heterocycles. The van der Waals surface area contributed by atoms with Gasteiger partial charge in [0.05, 0.1) is 0 Å². The van der Waals surface area contributed by atoms with Gasteiger partial charge in [-0.05, 0) is 44.9 Å². The van der Waals surface area contributed by atoms with E-state index in [0.29, 0.717) is 12.0 Å². The molecule has 0 saturated carbocycles. The average Bonchev–Trinajstić information content (AvgIpc) is 2.27. The Morgan fingerprint density at radius 1 is 1.12 bits per heavy atom. The van der Waals surface area contributed by atoms with Crippen LogP contribution in [0.5, 0.6) is 0 Å². The molecule has 0 amide bonds. The molecular weight excluding hydrogens is 198 g/mol. The zero-order valence-corrected chi connectivity index (χ0v) is 11.6. The summed E-state index contributed by atoms with van der Waals surface area (Å²) < 4.78 is 0. The number of nitrogens with two attached hydrogens (primary N) is 1. The van der Waals surface area contributed by atoms with Crippen molar-refractivity contribution in [2.45, 2.75) is 46.6 Å². The molecule has 0 aliphatic rings. The van der Waals surface area contributed by atoms with E-state index in [-0.39, 0.29) is 0 Å². The Bertz CT molecular complexity index is 138. The average molecular weight is 229 g/mol. The molecule has 0 spiro atoms. The molecule has 3 N–H and O–H groups in total. The van der Waals surface area contributed by atoms with Crippen molar-refractivity contribution < 1.29 is 0 Å². The molecule has 0 aromatic heterocycles. The molecule has 3 heteroatoms.